The van der Waals surface area contributed by atoms with Crippen LogP contribution in [-0.2, 0) is 9.53 Å². The quantitative estimate of drug-likeness (QED) is 0.479. The molecule has 0 saturated heterocycles. The van der Waals surface area contributed by atoms with Gasteiger partial charge in [-0.2, -0.15) is 0 Å². The fourth-order valence-electron chi connectivity index (χ4n) is 1.23. The van der Waals surface area contributed by atoms with E-state index in [-0.39, 0.29) is 5.97 Å². The van der Waals surface area contributed by atoms with Crippen molar-refractivity contribution in [3.8, 4) is 5.75 Å². The first-order chi connectivity index (χ1) is 7.67. The fourth-order valence-corrected chi connectivity index (χ4v) is 1.23. The number of hydrogen-bond acceptors (Lipinski definition) is 4. The molecule has 0 aromatic heterocycles. The largest absolute Gasteiger partial charge is 0.496 e. The van der Waals surface area contributed by atoms with E-state index in [0.717, 1.165) is 5.56 Å². The number of ether oxygens (including phenoxy) is 2. The van der Waals surface area contributed by atoms with Gasteiger partial charge in [0.15, 0.2) is 0 Å². The Morgan fingerprint density at radius 1 is 1.50 bits per heavy atom. The summed E-state index contributed by atoms with van der Waals surface area (Å²) in [5.74, 6) is 0.279. The molecular formula is C12H15NO3. The number of methoxy groups -OCH3 is 1. The first-order valence-electron chi connectivity index (χ1n) is 4.95. The fraction of sp³-hybridized carbons (Fsp3) is 0.250. The minimum atomic E-state index is -0.382. The van der Waals surface area contributed by atoms with Crippen molar-refractivity contribution in [2.45, 2.75) is 6.92 Å². The SMILES string of the molecule is CCOC(=O)C=Cc1cc(N)ccc1OC. The molecule has 0 fully saturated rings. The summed E-state index contributed by atoms with van der Waals surface area (Å²) in [4.78, 5) is 11.1. The van der Waals surface area contributed by atoms with E-state index >= 15 is 0 Å². The van der Waals surface area contributed by atoms with Crippen molar-refractivity contribution in [2.24, 2.45) is 0 Å². The number of nitrogens with two attached hydrogens (primary N) is 1. The van der Waals surface area contributed by atoms with Gasteiger partial charge >= 0.3 is 5.97 Å². The second-order valence-corrected chi connectivity index (χ2v) is 3.09. The number of benzene rings is 1. The van der Waals surface area contributed by atoms with Crippen LogP contribution < -0.4 is 10.5 Å². The van der Waals surface area contributed by atoms with Crippen molar-refractivity contribution in [1.82, 2.24) is 0 Å². The Morgan fingerprint density at radius 3 is 2.88 bits per heavy atom. The lowest BCUT2D eigenvalue weighted by Crippen LogP contribution is -1.99. The second kappa shape index (κ2) is 5.80. The van der Waals surface area contributed by atoms with E-state index in [4.69, 9.17) is 15.2 Å². The van der Waals surface area contributed by atoms with Gasteiger partial charge < -0.3 is 15.2 Å². The summed E-state index contributed by atoms with van der Waals surface area (Å²) in [6, 6.07) is 5.22. The Labute approximate surface area is 94.7 Å². The van der Waals surface area contributed by atoms with Crippen LogP contribution in [0.2, 0.25) is 0 Å². The highest BCUT2D eigenvalue weighted by Gasteiger charge is 2.01. The molecule has 0 bridgehead atoms. The van der Waals surface area contributed by atoms with Crippen molar-refractivity contribution in [3.05, 3.63) is 29.8 Å². The molecule has 86 valence electrons. The molecule has 2 N–H and O–H groups in total. The summed E-state index contributed by atoms with van der Waals surface area (Å²) in [6.07, 6.45) is 2.97. The topological polar surface area (TPSA) is 61.5 Å². The van der Waals surface area contributed by atoms with Gasteiger partial charge in [-0.1, -0.05) is 0 Å². The first-order valence-corrected chi connectivity index (χ1v) is 4.95. The Kier molecular flexibility index (Phi) is 4.39. The van der Waals surface area contributed by atoms with E-state index in [1.54, 1.807) is 38.3 Å². The molecule has 1 aromatic carbocycles. The Bertz CT molecular complexity index is 399. The van der Waals surface area contributed by atoms with Crippen molar-refractivity contribution in [2.75, 3.05) is 19.5 Å². The summed E-state index contributed by atoms with van der Waals surface area (Å²) < 4.78 is 9.90. The maximum Gasteiger partial charge on any atom is 0.330 e. The highest BCUT2D eigenvalue weighted by Crippen LogP contribution is 2.22. The summed E-state index contributed by atoms with van der Waals surface area (Å²) >= 11 is 0. The second-order valence-electron chi connectivity index (χ2n) is 3.09. The molecule has 0 amide bonds. The zero-order valence-electron chi connectivity index (χ0n) is 9.40. The number of rotatable bonds is 4. The number of anilines is 1. The van der Waals surface area contributed by atoms with Crippen LogP contribution >= 0.6 is 0 Å². The maximum atomic E-state index is 11.1. The molecular weight excluding hydrogens is 206 g/mol. The third-order valence-electron chi connectivity index (χ3n) is 1.94. The van der Waals surface area contributed by atoms with Crippen molar-refractivity contribution in [1.29, 1.82) is 0 Å². The van der Waals surface area contributed by atoms with Crippen LogP contribution in [-0.4, -0.2) is 19.7 Å². The summed E-state index contributed by atoms with van der Waals surface area (Å²) in [7, 11) is 1.56. The summed E-state index contributed by atoms with van der Waals surface area (Å²) in [6.45, 7) is 2.12. The highest BCUT2D eigenvalue weighted by molar-refractivity contribution is 5.87. The normalized spacial score (nSPS) is 10.4. The van der Waals surface area contributed by atoms with Gasteiger partial charge in [0.2, 0.25) is 0 Å². The van der Waals surface area contributed by atoms with Gasteiger partial charge in [0, 0.05) is 17.3 Å². The van der Waals surface area contributed by atoms with E-state index in [1.807, 2.05) is 0 Å². The molecule has 16 heavy (non-hydrogen) atoms. The zero-order valence-corrected chi connectivity index (χ0v) is 9.40. The van der Waals surface area contributed by atoms with Gasteiger partial charge in [0.25, 0.3) is 0 Å². The number of carbonyl (C=O) groups is 1. The molecule has 4 nitrogen and oxygen atoms in total. The molecule has 0 radical (unpaired) electrons. The summed E-state index contributed by atoms with van der Waals surface area (Å²) in [5.41, 5.74) is 7.00. The van der Waals surface area contributed by atoms with Gasteiger partial charge in [-0.3, -0.25) is 0 Å². The maximum absolute atomic E-state index is 11.1. The van der Waals surface area contributed by atoms with E-state index < -0.39 is 0 Å². The lowest BCUT2D eigenvalue weighted by Gasteiger charge is -2.05. The molecule has 0 atom stereocenters. The smallest absolute Gasteiger partial charge is 0.330 e. The van der Waals surface area contributed by atoms with Crippen LogP contribution in [0.3, 0.4) is 0 Å². The van der Waals surface area contributed by atoms with Crippen LogP contribution in [0, 0.1) is 0 Å². The Morgan fingerprint density at radius 2 is 2.25 bits per heavy atom. The van der Waals surface area contributed by atoms with Crippen LogP contribution in [0.1, 0.15) is 12.5 Å². The molecule has 0 heterocycles. The summed E-state index contributed by atoms with van der Waals surface area (Å²) in [5, 5.41) is 0. The predicted molar refractivity (Wildman–Crippen MR) is 63.1 cm³/mol. The van der Waals surface area contributed by atoms with E-state index in [2.05, 4.69) is 0 Å². The molecule has 0 aliphatic carbocycles. The molecule has 0 unspecified atom stereocenters. The van der Waals surface area contributed by atoms with Crippen LogP contribution in [0.15, 0.2) is 24.3 Å². The van der Waals surface area contributed by atoms with Crippen molar-refractivity contribution < 1.29 is 14.3 Å². The van der Waals surface area contributed by atoms with E-state index in [9.17, 15) is 4.79 Å². The number of carbonyl (C=O) groups excluding carboxylic acids is 1. The lowest BCUT2D eigenvalue weighted by molar-refractivity contribution is -0.137. The zero-order chi connectivity index (χ0) is 12.0. The van der Waals surface area contributed by atoms with Gasteiger partial charge in [-0.05, 0) is 31.2 Å². The third kappa shape index (κ3) is 3.31. The molecule has 0 aliphatic rings. The first kappa shape index (κ1) is 12.1. The lowest BCUT2D eigenvalue weighted by atomic mass is 10.1. The molecule has 1 aromatic rings. The highest BCUT2D eigenvalue weighted by atomic mass is 16.5. The van der Waals surface area contributed by atoms with Crippen molar-refractivity contribution in [3.63, 3.8) is 0 Å². The van der Waals surface area contributed by atoms with E-state index in [1.165, 1.54) is 6.08 Å². The average molecular weight is 221 g/mol. The standard InChI is InChI=1S/C12H15NO3/c1-3-16-12(14)7-4-9-8-10(13)5-6-11(9)15-2/h4-8H,3,13H2,1-2H3. The minimum absolute atomic E-state index is 0.358. The number of esters is 1. The van der Waals surface area contributed by atoms with Gasteiger partial charge in [-0.15, -0.1) is 0 Å². The molecule has 4 heteroatoms. The van der Waals surface area contributed by atoms with Crippen molar-refractivity contribution >= 4 is 17.7 Å². The van der Waals surface area contributed by atoms with Gasteiger partial charge in [0.1, 0.15) is 5.75 Å². The minimum Gasteiger partial charge on any atom is -0.496 e. The molecule has 0 spiro atoms. The molecule has 0 aliphatic heterocycles. The third-order valence-corrected chi connectivity index (χ3v) is 1.94. The average Bonchev–Trinajstić information content (AvgIpc) is 2.27. The Balaban J connectivity index is 2.86. The Hall–Kier alpha value is -1.97. The van der Waals surface area contributed by atoms with E-state index in [0.29, 0.717) is 18.0 Å². The van der Waals surface area contributed by atoms with Crippen LogP contribution in [0.4, 0.5) is 5.69 Å². The monoisotopic (exact) mass is 221 g/mol. The molecule has 0 saturated carbocycles. The van der Waals surface area contributed by atoms with Gasteiger partial charge in [-0.25, -0.2) is 4.79 Å². The predicted octanol–water partition coefficient (Wildman–Crippen LogP) is 1.85. The number of nitrogen functional groups attached to an aromatic ring is 1. The van der Waals surface area contributed by atoms with Crippen LogP contribution in [0.25, 0.3) is 6.08 Å². The van der Waals surface area contributed by atoms with Gasteiger partial charge in [0.05, 0.1) is 13.7 Å². The number of hydrogen-bond donors (Lipinski definition) is 1. The molecule has 1 rings (SSSR count). The van der Waals surface area contributed by atoms with Crippen LogP contribution in [0.5, 0.6) is 5.75 Å².